The third-order valence-electron chi connectivity index (χ3n) is 7.20. The predicted octanol–water partition coefficient (Wildman–Crippen LogP) is 3.87. The Kier molecular flexibility index (Phi) is 11.6. The fourth-order valence-electron chi connectivity index (χ4n) is 5.03. The molecule has 9 nitrogen and oxygen atoms in total. The molecule has 2 aliphatic rings. The van der Waals surface area contributed by atoms with Gasteiger partial charge in [0.25, 0.3) is 0 Å². The number of carboxylic acids is 1. The Morgan fingerprint density at radius 1 is 1.26 bits per heavy atom. The maximum absolute atomic E-state index is 13.2. The maximum Gasteiger partial charge on any atom is 0.326 e. The van der Waals surface area contributed by atoms with Gasteiger partial charge in [-0.15, -0.1) is 0 Å². The van der Waals surface area contributed by atoms with E-state index in [1.165, 1.54) is 10.5 Å². The number of hydrogen-bond donors (Lipinski definition) is 3. The topological polar surface area (TPSA) is 107 Å². The molecule has 2 unspecified atom stereocenters. The number of carboxylic acid groups (broad SMARTS) is 1. The Balaban J connectivity index is 1.50. The summed E-state index contributed by atoms with van der Waals surface area (Å²) in [5.74, 6) is -0.0597. The number of pyridine rings is 1. The van der Waals surface area contributed by atoms with Crippen molar-refractivity contribution in [1.82, 2.24) is 20.1 Å². The Bertz CT molecular complexity index is 910. The van der Waals surface area contributed by atoms with Crippen molar-refractivity contribution in [1.29, 1.82) is 0 Å². The zero-order valence-electron chi connectivity index (χ0n) is 23.3. The van der Waals surface area contributed by atoms with Crippen LogP contribution in [0.1, 0.15) is 70.6 Å². The molecule has 0 saturated carbocycles. The number of hydrogen-bond acceptors (Lipinski definition) is 6. The first-order valence-electron chi connectivity index (χ1n) is 14.1. The lowest BCUT2D eigenvalue weighted by atomic mass is 10.1. The first-order chi connectivity index (χ1) is 18.2. The number of unbranched alkanes of at least 4 members (excludes halogenated alkanes) is 1. The van der Waals surface area contributed by atoms with Crippen molar-refractivity contribution in [2.75, 3.05) is 51.3 Å². The predicted molar refractivity (Wildman–Crippen MR) is 146 cm³/mol. The van der Waals surface area contributed by atoms with Crippen LogP contribution < -0.4 is 10.6 Å². The van der Waals surface area contributed by atoms with Crippen LogP contribution in [0.25, 0.3) is 0 Å². The number of likely N-dealkylation sites (tertiary alicyclic amines) is 1. The summed E-state index contributed by atoms with van der Waals surface area (Å²) in [5, 5.41) is 15.8. The van der Waals surface area contributed by atoms with Crippen molar-refractivity contribution in [2.45, 2.75) is 89.8 Å². The van der Waals surface area contributed by atoms with E-state index in [1.807, 2.05) is 20.8 Å². The molecule has 0 aliphatic carbocycles. The van der Waals surface area contributed by atoms with Gasteiger partial charge >= 0.3 is 12.0 Å². The summed E-state index contributed by atoms with van der Waals surface area (Å²) in [6.07, 6.45) is 6.64. The monoisotopic (exact) mass is 535 g/mol. The Morgan fingerprint density at radius 3 is 2.82 bits per heavy atom. The number of nitrogens with one attached hydrogen (secondary N) is 2. The second kappa shape index (κ2) is 14.6. The number of anilines is 1. The first kappa shape index (κ1) is 30.1. The zero-order chi connectivity index (χ0) is 27.5. The average molecular weight is 536 g/mol. The third kappa shape index (κ3) is 9.69. The van der Waals surface area contributed by atoms with Crippen LogP contribution >= 0.6 is 0 Å². The molecular formula is C28H46FN5O4. The number of ether oxygens (including phenoxy) is 1. The highest BCUT2D eigenvalue weighted by atomic mass is 19.1. The molecule has 3 N–H and O–H groups in total. The maximum atomic E-state index is 13.2. The molecular weight excluding hydrogens is 489 g/mol. The van der Waals surface area contributed by atoms with Gasteiger partial charge in [-0.25, -0.2) is 19.0 Å². The molecule has 2 atom stereocenters. The van der Waals surface area contributed by atoms with Crippen molar-refractivity contribution in [3.05, 3.63) is 23.4 Å². The highest BCUT2D eigenvalue weighted by Crippen LogP contribution is 2.21. The highest BCUT2D eigenvalue weighted by Gasteiger charge is 2.31. The van der Waals surface area contributed by atoms with Crippen LogP contribution in [0.2, 0.25) is 0 Å². The lowest BCUT2D eigenvalue weighted by Gasteiger charge is -2.28. The number of halogens is 1. The number of fused-ring (bicyclic) bond motifs is 1. The van der Waals surface area contributed by atoms with E-state index in [0.717, 1.165) is 63.1 Å². The second-order valence-corrected chi connectivity index (χ2v) is 11.4. The van der Waals surface area contributed by atoms with Crippen LogP contribution in [0.4, 0.5) is 15.0 Å². The molecule has 0 spiro atoms. The largest absolute Gasteiger partial charge is 0.480 e. The number of alkyl halides is 1. The lowest BCUT2D eigenvalue weighted by Crippen LogP contribution is -2.50. The van der Waals surface area contributed by atoms with E-state index in [-0.39, 0.29) is 12.0 Å². The third-order valence-corrected chi connectivity index (χ3v) is 7.20. The number of aryl methyl sites for hydroxylation is 2. The van der Waals surface area contributed by atoms with Gasteiger partial charge in [-0.05, 0) is 90.3 Å². The van der Waals surface area contributed by atoms with Crippen molar-refractivity contribution in [2.24, 2.45) is 0 Å². The number of aromatic nitrogens is 1. The van der Waals surface area contributed by atoms with Crippen LogP contribution in [0.5, 0.6) is 0 Å². The van der Waals surface area contributed by atoms with Crippen molar-refractivity contribution < 1.29 is 23.8 Å². The normalized spacial score (nSPS) is 18.2. The number of nitrogens with zero attached hydrogens (tertiary/aromatic N) is 3. The first-order valence-corrected chi connectivity index (χ1v) is 14.1. The molecule has 0 aromatic carbocycles. The molecule has 0 radical (unpaired) electrons. The highest BCUT2D eigenvalue weighted by molar-refractivity contribution is 5.82. The Hall–Kier alpha value is -2.46. The van der Waals surface area contributed by atoms with Gasteiger partial charge in [0.1, 0.15) is 18.5 Å². The van der Waals surface area contributed by atoms with E-state index in [0.29, 0.717) is 32.7 Å². The van der Waals surface area contributed by atoms with Crippen molar-refractivity contribution in [3.8, 4) is 0 Å². The minimum Gasteiger partial charge on any atom is -0.480 e. The summed E-state index contributed by atoms with van der Waals surface area (Å²) < 4.78 is 19.1. The summed E-state index contributed by atoms with van der Waals surface area (Å²) in [6, 6.07) is 2.32. The number of amides is 2. The van der Waals surface area contributed by atoms with Crippen LogP contribution in [-0.2, 0) is 22.4 Å². The van der Waals surface area contributed by atoms with Gasteiger partial charge in [0.15, 0.2) is 0 Å². The van der Waals surface area contributed by atoms with Crippen LogP contribution in [0.3, 0.4) is 0 Å². The molecule has 2 aliphatic heterocycles. The molecule has 10 heteroatoms. The molecule has 3 rings (SSSR count). The molecule has 1 fully saturated rings. The molecule has 214 valence electrons. The standard InChI is InChI=1S/C28H46FN5O4/c1-28(2,3)38-19-18-33(15-5-4-9-22-12-11-21-8-6-14-30-25(21)31-22)17-13-24(26(35)36)32-27(37)34-16-7-10-23(34)20-29/h11-12,23-24H,4-10,13-20H2,1-3H3,(H,30,31)(H,32,37)(H,35,36). The van der Waals surface area contributed by atoms with Crippen molar-refractivity contribution in [3.63, 3.8) is 0 Å². The Labute approximate surface area is 226 Å². The summed E-state index contributed by atoms with van der Waals surface area (Å²) in [4.78, 5) is 33.0. The number of urea groups is 1. The van der Waals surface area contributed by atoms with E-state index in [2.05, 4.69) is 27.7 Å². The van der Waals surface area contributed by atoms with Gasteiger partial charge in [0.2, 0.25) is 0 Å². The smallest absolute Gasteiger partial charge is 0.326 e. The number of rotatable bonds is 14. The van der Waals surface area contributed by atoms with E-state index >= 15 is 0 Å². The van der Waals surface area contributed by atoms with Gasteiger partial charge < -0.3 is 30.3 Å². The minimum absolute atomic E-state index is 0.252. The summed E-state index contributed by atoms with van der Waals surface area (Å²) in [5.41, 5.74) is 2.12. The summed E-state index contributed by atoms with van der Waals surface area (Å²) in [6.45, 7) is 9.38. The number of carbonyl (C=O) groups is 2. The second-order valence-electron chi connectivity index (χ2n) is 11.4. The van der Waals surface area contributed by atoms with E-state index in [9.17, 15) is 19.1 Å². The fourth-order valence-corrected chi connectivity index (χ4v) is 5.03. The van der Waals surface area contributed by atoms with Gasteiger partial charge in [-0.3, -0.25) is 0 Å². The number of carbonyl (C=O) groups excluding carboxylic acids is 1. The SMILES string of the molecule is CC(C)(C)OCCN(CCCCc1ccc2c(n1)NCCC2)CCC(NC(=O)N1CCCC1CF)C(=O)O. The molecule has 3 heterocycles. The quantitative estimate of drug-likeness (QED) is 0.311. The van der Waals surface area contributed by atoms with Gasteiger partial charge in [-0.1, -0.05) is 6.07 Å². The zero-order valence-corrected chi connectivity index (χ0v) is 23.3. The molecule has 1 aromatic heterocycles. The molecule has 1 saturated heterocycles. The number of aliphatic carboxylic acids is 1. The molecule has 38 heavy (non-hydrogen) atoms. The lowest BCUT2D eigenvalue weighted by molar-refractivity contribution is -0.139. The summed E-state index contributed by atoms with van der Waals surface area (Å²) >= 11 is 0. The van der Waals surface area contributed by atoms with Gasteiger partial charge in [0, 0.05) is 31.9 Å². The molecule has 0 bridgehead atoms. The average Bonchev–Trinajstić information content (AvgIpc) is 3.36. The van der Waals surface area contributed by atoms with Crippen LogP contribution in [0.15, 0.2) is 12.1 Å². The van der Waals surface area contributed by atoms with Crippen LogP contribution in [0, 0.1) is 0 Å². The molecule has 2 amide bonds. The van der Waals surface area contributed by atoms with Crippen LogP contribution in [-0.4, -0.2) is 95.6 Å². The van der Waals surface area contributed by atoms with E-state index < -0.39 is 30.8 Å². The van der Waals surface area contributed by atoms with E-state index in [1.54, 1.807) is 0 Å². The fraction of sp³-hybridized carbons (Fsp3) is 0.750. The van der Waals surface area contributed by atoms with Crippen molar-refractivity contribution >= 4 is 17.8 Å². The van der Waals surface area contributed by atoms with E-state index in [4.69, 9.17) is 9.72 Å². The summed E-state index contributed by atoms with van der Waals surface area (Å²) in [7, 11) is 0. The Morgan fingerprint density at radius 2 is 2.08 bits per heavy atom. The van der Waals surface area contributed by atoms with Gasteiger partial charge in [0.05, 0.1) is 18.2 Å². The van der Waals surface area contributed by atoms with Gasteiger partial charge in [-0.2, -0.15) is 0 Å². The molecule has 1 aromatic rings. The minimum atomic E-state index is -1.08.